The van der Waals surface area contributed by atoms with Crippen LogP contribution in [0, 0.1) is 5.41 Å². The Morgan fingerprint density at radius 2 is 2.14 bits per heavy atom. The molecule has 14 heavy (non-hydrogen) atoms. The summed E-state index contributed by atoms with van der Waals surface area (Å²) in [5, 5.41) is 12.3. The summed E-state index contributed by atoms with van der Waals surface area (Å²) in [6, 6.07) is 1.34. The van der Waals surface area contributed by atoms with E-state index in [1.54, 1.807) is 0 Å². The monoisotopic (exact) mass is 214 g/mol. The third-order valence-electron chi connectivity index (χ3n) is 2.22. The quantitative estimate of drug-likeness (QED) is 0.717. The first kappa shape index (κ1) is 9.42. The Hall–Kier alpha value is -1.14. The zero-order chi connectivity index (χ0) is 10.3. The van der Waals surface area contributed by atoms with Crippen molar-refractivity contribution in [1.82, 2.24) is 0 Å². The molecule has 0 aromatic carbocycles. The van der Waals surface area contributed by atoms with Crippen molar-refractivity contribution >= 4 is 15.7 Å². The van der Waals surface area contributed by atoms with Gasteiger partial charge in [-0.25, -0.2) is 13.6 Å². The number of hydrogen-bond donors (Lipinski definition) is 2. The molecule has 1 heterocycles. The molecule has 0 aliphatic heterocycles. The minimum Gasteiger partial charge on any atom is -0.448 e. The van der Waals surface area contributed by atoms with E-state index in [1.807, 2.05) is 0 Å². The fourth-order valence-corrected chi connectivity index (χ4v) is 2.04. The number of rotatable bonds is 1. The number of fused-ring (bicyclic) bond motifs is 1. The van der Waals surface area contributed by atoms with E-state index in [1.165, 1.54) is 6.07 Å². The number of nitrogens with two attached hydrogens (primary N) is 1. The molecule has 6 heteroatoms. The van der Waals surface area contributed by atoms with Crippen LogP contribution in [0.4, 0.5) is 0 Å². The summed E-state index contributed by atoms with van der Waals surface area (Å²) in [4.78, 5) is 0. The first-order valence-corrected chi connectivity index (χ1v) is 5.76. The third kappa shape index (κ3) is 1.46. The van der Waals surface area contributed by atoms with Gasteiger partial charge in [-0.1, -0.05) is 0 Å². The van der Waals surface area contributed by atoms with Gasteiger partial charge in [-0.2, -0.15) is 0 Å². The van der Waals surface area contributed by atoms with Crippen molar-refractivity contribution in [3.63, 3.8) is 0 Å². The molecule has 0 atom stereocenters. The Morgan fingerprint density at radius 1 is 1.43 bits per heavy atom. The molecule has 1 aliphatic rings. The Labute approximate surface area is 81.5 Å². The van der Waals surface area contributed by atoms with Gasteiger partial charge in [0.2, 0.25) is 5.09 Å². The average Bonchev–Trinajstić information content (AvgIpc) is 2.48. The van der Waals surface area contributed by atoms with E-state index in [9.17, 15) is 8.42 Å². The van der Waals surface area contributed by atoms with Gasteiger partial charge in [0.15, 0.2) is 0 Å². The van der Waals surface area contributed by atoms with Crippen molar-refractivity contribution in [2.75, 3.05) is 0 Å². The zero-order valence-corrected chi connectivity index (χ0v) is 8.23. The lowest BCUT2D eigenvalue weighted by Crippen LogP contribution is -2.10. The summed E-state index contributed by atoms with van der Waals surface area (Å²) in [7, 11) is -3.78. The molecular formula is C8H10N2O3S. The van der Waals surface area contributed by atoms with Gasteiger partial charge in [0, 0.05) is 23.8 Å². The first-order valence-electron chi connectivity index (χ1n) is 4.22. The molecule has 0 spiro atoms. The minimum absolute atomic E-state index is 0.242. The van der Waals surface area contributed by atoms with Crippen LogP contribution in [0.3, 0.4) is 0 Å². The van der Waals surface area contributed by atoms with Crippen LogP contribution in [0.25, 0.3) is 0 Å². The molecule has 1 aliphatic carbocycles. The number of sulfonamides is 1. The van der Waals surface area contributed by atoms with E-state index in [0.717, 1.165) is 6.42 Å². The molecule has 0 saturated carbocycles. The van der Waals surface area contributed by atoms with Gasteiger partial charge in [-0.05, 0) is 12.8 Å². The Morgan fingerprint density at radius 3 is 2.71 bits per heavy atom. The number of nitrogens with one attached hydrogen (secondary N) is 1. The van der Waals surface area contributed by atoms with Crippen LogP contribution in [-0.2, 0) is 16.4 Å². The van der Waals surface area contributed by atoms with Crippen LogP contribution in [0.2, 0.25) is 0 Å². The minimum atomic E-state index is -3.78. The van der Waals surface area contributed by atoms with Gasteiger partial charge < -0.3 is 9.83 Å². The second-order valence-electron chi connectivity index (χ2n) is 3.28. The van der Waals surface area contributed by atoms with Crippen LogP contribution in [0.1, 0.15) is 24.2 Å². The van der Waals surface area contributed by atoms with E-state index < -0.39 is 10.0 Å². The summed E-state index contributed by atoms with van der Waals surface area (Å²) < 4.78 is 27.0. The molecule has 0 radical (unpaired) electrons. The molecule has 1 aromatic rings. The molecule has 0 bridgehead atoms. The highest BCUT2D eigenvalue weighted by molar-refractivity contribution is 7.89. The maximum atomic E-state index is 11.0. The van der Waals surface area contributed by atoms with Gasteiger partial charge >= 0.3 is 0 Å². The van der Waals surface area contributed by atoms with E-state index in [-0.39, 0.29) is 5.09 Å². The average molecular weight is 214 g/mol. The second-order valence-corrected chi connectivity index (χ2v) is 4.77. The van der Waals surface area contributed by atoms with E-state index in [4.69, 9.17) is 15.0 Å². The number of furan rings is 1. The first-order chi connectivity index (χ1) is 6.48. The van der Waals surface area contributed by atoms with Crippen molar-refractivity contribution < 1.29 is 12.8 Å². The molecule has 0 amide bonds. The van der Waals surface area contributed by atoms with Crippen molar-refractivity contribution in [2.45, 2.75) is 24.4 Å². The van der Waals surface area contributed by atoms with E-state index in [2.05, 4.69) is 0 Å². The summed E-state index contributed by atoms with van der Waals surface area (Å²) in [5.41, 5.74) is 1.00. The SMILES string of the molecule is N=C1CCCc2oc(S(N)(=O)=O)cc21. The highest BCUT2D eigenvalue weighted by Gasteiger charge is 2.23. The van der Waals surface area contributed by atoms with Gasteiger partial charge in [0.1, 0.15) is 5.76 Å². The van der Waals surface area contributed by atoms with Crippen LogP contribution >= 0.6 is 0 Å². The van der Waals surface area contributed by atoms with Crippen molar-refractivity contribution in [3.8, 4) is 0 Å². The fourth-order valence-electron chi connectivity index (χ4n) is 1.55. The molecule has 5 nitrogen and oxygen atoms in total. The summed E-state index contributed by atoms with van der Waals surface area (Å²) in [6.07, 6.45) is 2.16. The highest BCUT2D eigenvalue weighted by Crippen LogP contribution is 2.26. The second kappa shape index (κ2) is 2.93. The van der Waals surface area contributed by atoms with Crippen molar-refractivity contribution in [1.29, 1.82) is 5.41 Å². The molecule has 0 unspecified atom stereocenters. The molecule has 76 valence electrons. The predicted molar refractivity (Wildman–Crippen MR) is 49.8 cm³/mol. The van der Waals surface area contributed by atoms with Crippen molar-refractivity contribution in [2.24, 2.45) is 5.14 Å². The third-order valence-corrected chi connectivity index (χ3v) is 2.98. The van der Waals surface area contributed by atoms with Gasteiger partial charge in [-0.15, -0.1) is 0 Å². The number of primary sulfonamides is 1. The molecule has 3 N–H and O–H groups in total. The topological polar surface area (TPSA) is 97.2 Å². The van der Waals surface area contributed by atoms with Crippen LogP contribution in [-0.4, -0.2) is 14.1 Å². The van der Waals surface area contributed by atoms with E-state index >= 15 is 0 Å². The largest absolute Gasteiger partial charge is 0.448 e. The number of hydrogen-bond acceptors (Lipinski definition) is 4. The van der Waals surface area contributed by atoms with Gasteiger partial charge in [0.05, 0.1) is 0 Å². The van der Waals surface area contributed by atoms with Crippen molar-refractivity contribution in [3.05, 3.63) is 17.4 Å². The molecule has 0 saturated heterocycles. The lowest BCUT2D eigenvalue weighted by Gasteiger charge is -2.09. The summed E-state index contributed by atoms with van der Waals surface area (Å²) in [6.45, 7) is 0. The Bertz CT molecular complexity index is 487. The van der Waals surface area contributed by atoms with E-state index in [0.29, 0.717) is 29.9 Å². The highest BCUT2D eigenvalue weighted by atomic mass is 32.2. The normalized spacial score (nSPS) is 16.8. The predicted octanol–water partition coefficient (Wildman–Crippen LogP) is 0.631. The van der Waals surface area contributed by atoms with Gasteiger partial charge in [0.25, 0.3) is 10.0 Å². The lowest BCUT2D eigenvalue weighted by atomic mass is 9.97. The summed E-state index contributed by atoms with van der Waals surface area (Å²) >= 11 is 0. The molecular weight excluding hydrogens is 204 g/mol. The van der Waals surface area contributed by atoms with Gasteiger partial charge in [-0.3, -0.25) is 0 Å². The maximum Gasteiger partial charge on any atom is 0.271 e. The van der Waals surface area contributed by atoms with Crippen LogP contribution < -0.4 is 5.14 Å². The maximum absolute atomic E-state index is 11.0. The van der Waals surface area contributed by atoms with Crippen LogP contribution in [0.5, 0.6) is 0 Å². The standard InChI is InChI=1S/C8H10N2O3S/c9-6-2-1-3-7-5(6)4-8(13-7)14(10,11)12/h4,9H,1-3H2,(H2,10,11,12). The number of aryl methyl sites for hydroxylation is 1. The summed E-state index contributed by atoms with van der Waals surface area (Å²) in [5.74, 6) is 0.560. The molecule has 2 rings (SSSR count). The Balaban J connectivity index is 2.56. The smallest absolute Gasteiger partial charge is 0.271 e. The Kier molecular flexibility index (Phi) is 1.97. The fraction of sp³-hybridized carbons (Fsp3) is 0.375. The zero-order valence-electron chi connectivity index (χ0n) is 7.41. The van der Waals surface area contributed by atoms with Crippen LogP contribution in [0.15, 0.2) is 15.6 Å². The molecule has 1 aromatic heterocycles. The lowest BCUT2D eigenvalue weighted by molar-refractivity contribution is 0.409. The molecule has 0 fully saturated rings.